The van der Waals surface area contributed by atoms with Crippen molar-refractivity contribution in [3.8, 4) is 0 Å². The molecule has 0 radical (unpaired) electrons. The average molecular weight is 2680 g/mol. The van der Waals surface area contributed by atoms with E-state index in [2.05, 4.69) is 400 Å². The summed E-state index contributed by atoms with van der Waals surface area (Å²) in [5.74, 6) is 0.525. The van der Waals surface area contributed by atoms with E-state index in [-0.39, 0.29) is 235 Å². The molecule has 96 heavy (non-hydrogen) atoms. The maximum absolute atomic E-state index is 6.94. The van der Waals surface area contributed by atoms with Crippen molar-refractivity contribution >= 4 is 28.8 Å². The van der Waals surface area contributed by atoms with Gasteiger partial charge in [0.25, 0.3) is 0 Å². The van der Waals surface area contributed by atoms with Crippen LogP contribution in [0.15, 0.2) is 0 Å². The average Bonchev–Trinajstić information content (AvgIpc) is 3.11. The molecule has 1 unspecified atom stereocenters. The summed E-state index contributed by atoms with van der Waals surface area (Å²) in [5, 5.41) is 13.2. The zero-order chi connectivity index (χ0) is 78.6. The molecule has 553 valence electrons. The Kier molecular flexibility index (Phi) is 113. The van der Waals surface area contributed by atoms with Crippen molar-refractivity contribution in [3.63, 3.8) is 0 Å². The third kappa shape index (κ3) is 261. The van der Waals surface area contributed by atoms with Crippen molar-refractivity contribution in [2.24, 2.45) is 54.7 Å². The van der Waals surface area contributed by atoms with E-state index in [0.29, 0.717) is 11.3 Å². The van der Waals surface area contributed by atoms with E-state index in [1.54, 1.807) is 0 Å². The minimum Gasteiger partial charge on any atom is 3.00 e. The van der Waals surface area contributed by atoms with Crippen molar-refractivity contribution in [2.45, 2.75) is 318 Å². The van der Waals surface area contributed by atoms with Crippen molar-refractivity contribution in [3.05, 3.63) is 102 Å². The summed E-state index contributed by atoms with van der Waals surface area (Å²) in [6, 6.07) is 0. The molecule has 0 amide bonds. The van der Waals surface area contributed by atoms with Gasteiger partial charge >= 0.3 is 635 Å². The zero-order valence-corrected chi connectivity index (χ0v) is 104. The normalized spacial score (nSPS) is 11.6. The van der Waals surface area contributed by atoms with Gasteiger partial charge < -0.3 is 40.4 Å². The fourth-order valence-electron chi connectivity index (χ4n) is 3.51. The molecule has 19 heteroatoms. The molecular formula is C77H153N6V3W5Y5-2. The first kappa shape index (κ1) is 150. The minimum absolute atomic E-state index is 0. The summed E-state index contributed by atoms with van der Waals surface area (Å²) >= 11 is 13.4. The van der Waals surface area contributed by atoms with Gasteiger partial charge in [0, 0.05) is 0 Å². The maximum atomic E-state index is 6.94. The van der Waals surface area contributed by atoms with Crippen molar-refractivity contribution in [1.29, 1.82) is 0 Å². The van der Waals surface area contributed by atoms with Crippen molar-refractivity contribution < 1.29 is 312 Å². The van der Waals surface area contributed by atoms with Gasteiger partial charge in [-0.3, -0.25) is 0 Å². The van der Waals surface area contributed by atoms with Crippen LogP contribution in [-0.2, 0) is 312 Å². The van der Waals surface area contributed by atoms with Gasteiger partial charge in [0.05, 0.1) is 0 Å². The van der Waals surface area contributed by atoms with Gasteiger partial charge in [0.1, 0.15) is 0 Å². The van der Waals surface area contributed by atoms with Crippen molar-refractivity contribution in [2.75, 3.05) is 13.1 Å². The Morgan fingerprint density at radius 1 is 0.458 bits per heavy atom. The summed E-state index contributed by atoms with van der Waals surface area (Å²) in [5.41, 5.74) is 9.46. The summed E-state index contributed by atoms with van der Waals surface area (Å²) in [7, 11) is 0. The Bertz CT molecular complexity index is 1670. The van der Waals surface area contributed by atoms with Crippen LogP contribution in [0, 0.1) is 130 Å². The first-order valence-electron chi connectivity index (χ1n) is 31.1. The molecule has 0 bridgehead atoms. The molecule has 0 aliphatic heterocycles. The molecule has 0 heterocycles. The Balaban J connectivity index is -0.0000000438. The molecular weight excluding hydrogens is 2530 g/mol. The first-order chi connectivity index (χ1) is 38.3. The molecule has 1 atom stereocenters. The second kappa shape index (κ2) is 72.1. The molecule has 0 rings (SSSR count). The van der Waals surface area contributed by atoms with E-state index >= 15 is 0 Å². The quantitative estimate of drug-likeness (QED) is 0.211. The number of nitrogens with one attached hydrogen (secondary N) is 1. The third-order valence-corrected chi connectivity index (χ3v) is 13.1. The van der Waals surface area contributed by atoms with Crippen molar-refractivity contribution in [1.82, 2.24) is 4.90 Å². The number of rotatable bonds is 9. The molecule has 0 aliphatic carbocycles. The van der Waals surface area contributed by atoms with Gasteiger partial charge in [-0.1, -0.05) is 125 Å². The summed E-state index contributed by atoms with van der Waals surface area (Å²) in [6.45, 7) is 129. The SMILES string of the molecule is CC(C)(C)[C-]=[V].CC(C)(C)[NH-].[CH2-]C(C)(C)C.[CH2-]C(C)(C)C.[CH2-]C(C)(C)C.[CH2-]C(C)(C)C.[CH2-]C(C)(C)C.[CH2-][C](=[W])C(C[N-]C(C)(C)C)C(C)(C)C.[CH2-][C](=[W])N(C[CH-]C(C)(C)C)C(C)(C)C.[CH2-][C](=[W])[C](=[V])C(C)(C)C.[CH2-][C](=[W])[N-]C(C)(C)C.[CH2-][C](=[W])[N-]C(C)(C)C.[N-]=[V].[Y+3].[Y+3].[Y+3].[Y+3].[Y+3]. The van der Waals surface area contributed by atoms with E-state index in [9.17, 15) is 0 Å². The molecule has 0 aromatic heterocycles. The van der Waals surface area contributed by atoms with Crippen LogP contribution in [0.5, 0.6) is 0 Å². The van der Waals surface area contributed by atoms with Crippen LogP contribution >= 0.6 is 0 Å². The predicted molar refractivity (Wildman–Crippen MR) is 400 cm³/mol. The minimum atomic E-state index is -0.250. The fourth-order valence-corrected chi connectivity index (χ4v) is 9.36. The topological polar surface area (TPSA) is 91.6 Å². The smallest absolute Gasteiger partial charge is 3.00 e. The van der Waals surface area contributed by atoms with E-state index < -0.39 is 0 Å². The van der Waals surface area contributed by atoms with Crippen LogP contribution in [0.3, 0.4) is 0 Å². The van der Waals surface area contributed by atoms with E-state index in [0.717, 1.165) is 21.1 Å². The summed E-state index contributed by atoms with van der Waals surface area (Å²) in [4.78, 5) is 2.37. The van der Waals surface area contributed by atoms with Gasteiger partial charge in [-0.05, 0) is 0 Å². The molecule has 0 saturated heterocycles. The standard InChI is InChI=1S/2C12H23N.C7H11.2C6H11N.5C5H11.C5H9.C4H10N.N.3V.5W.5Y/c1-8-13(12(5,6)7)10-9-11(2,3)4;1-8-10(11(2,3)4)9-13-12(5,6)7;1-5-6-7(2,3)4;2*1-5-7-6(2,3)4;6*1-5(2,3)4;1-4(2,3)5;;;;;;;;;;;;;;/h9H,1,10H2,2-7H3;10H,1,9H2,2-7H3;3*1H2,2-4H3;5*1H2,2-4H3;1-3H3;5H,1-3H3;;;;;;;;;;;;;;/q2*-2;-1;2*-2;8*-1;;;;;;;;;5*+3. The molecule has 0 aromatic carbocycles. The van der Waals surface area contributed by atoms with E-state index in [1.165, 1.54) is 130 Å². The van der Waals surface area contributed by atoms with Crippen LogP contribution in [-0.4, -0.2) is 74.5 Å². The molecule has 0 spiro atoms. The van der Waals surface area contributed by atoms with Gasteiger partial charge in [0.2, 0.25) is 0 Å². The molecule has 1 N–H and O–H groups in total. The number of nitrogens with zero attached hydrogens (tertiary/aromatic N) is 5. The molecule has 0 aliphatic rings. The fraction of sp³-hybridized carbons (Fsp3) is 0.766. The largest absolute Gasteiger partial charge is 3.00 e. The van der Waals surface area contributed by atoms with Gasteiger partial charge in [-0.25, -0.2) is 0 Å². The van der Waals surface area contributed by atoms with Crippen LogP contribution in [0.25, 0.3) is 25.9 Å². The van der Waals surface area contributed by atoms with Gasteiger partial charge in [0.15, 0.2) is 0 Å². The molecule has 6 nitrogen and oxygen atoms in total. The van der Waals surface area contributed by atoms with Gasteiger partial charge in [-0.2, -0.15) is 27.1 Å². The second-order valence-corrected chi connectivity index (χ2v) is 47.2. The van der Waals surface area contributed by atoms with E-state index in [4.69, 9.17) is 15.3 Å². The Morgan fingerprint density at radius 2 is 0.656 bits per heavy atom. The van der Waals surface area contributed by atoms with Crippen LogP contribution in [0.4, 0.5) is 0 Å². The van der Waals surface area contributed by atoms with Crippen LogP contribution < -0.4 is 0 Å². The monoisotopic (exact) mass is 2680 g/mol. The molecule has 0 saturated carbocycles. The molecule has 0 aromatic rings. The predicted octanol–water partition coefficient (Wildman–Crippen LogP) is 23.6. The Hall–Kier alpha value is 9.40. The zero-order valence-electron chi connectivity index (χ0n) is 71.1. The number of hydrogen-bond donors (Lipinski definition) is 0. The van der Waals surface area contributed by atoms with Gasteiger partial charge in [-0.15, -0.1) is 5.54 Å². The third-order valence-electron chi connectivity index (χ3n) is 6.41. The molecule has 0 fully saturated rings. The Labute approximate surface area is 818 Å². The maximum Gasteiger partial charge on any atom is 3.00 e. The van der Waals surface area contributed by atoms with E-state index in [1.807, 2.05) is 20.8 Å². The van der Waals surface area contributed by atoms with Crippen LogP contribution in [0.2, 0.25) is 0 Å². The second-order valence-electron chi connectivity index (χ2n) is 37.4. The summed E-state index contributed by atoms with van der Waals surface area (Å²) < 4.78 is 17.1. The summed E-state index contributed by atoms with van der Waals surface area (Å²) in [6.07, 6.45) is 2.35. The Morgan fingerprint density at radius 3 is 0.719 bits per heavy atom. The first-order valence-corrected chi connectivity index (χ1v) is 40.4. The van der Waals surface area contributed by atoms with Crippen LogP contribution in [0.1, 0.15) is 291 Å². The number of hydrogen-bond acceptors (Lipinski definition) is 1.